The molecule has 1 fully saturated rings. The molecule has 2 aromatic rings. The number of amides is 1. The van der Waals surface area contributed by atoms with Crippen LogP contribution in [0.3, 0.4) is 0 Å². The van der Waals surface area contributed by atoms with Crippen molar-refractivity contribution >= 4 is 34.6 Å². The first-order chi connectivity index (χ1) is 11.6. The van der Waals surface area contributed by atoms with E-state index in [1.165, 1.54) is 0 Å². The summed E-state index contributed by atoms with van der Waals surface area (Å²) in [6, 6.07) is 17.3. The number of rotatable bonds is 3. The summed E-state index contributed by atoms with van der Waals surface area (Å²) >= 11 is 4.94. The molecule has 1 heterocycles. The van der Waals surface area contributed by atoms with Gasteiger partial charge < -0.3 is 20.9 Å². The number of hydrogen-bond acceptors (Lipinski definition) is 3. The minimum absolute atomic E-state index is 0.0878. The smallest absolute Gasteiger partial charge is 0.253 e. The standard InChI is InChI=1S/C18H20N4OS/c19-18(24)20-15-8-4-5-9-16(15)21-10-12-22(13-11-21)17(23)14-6-2-1-3-7-14/h1-9H,10-13H2,(H3,19,20,24). The van der Waals surface area contributed by atoms with Gasteiger partial charge in [-0.15, -0.1) is 0 Å². The molecular formula is C18H20N4OS. The van der Waals surface area contributed by atoms with Gasteiger partial charge in [0.15, 0.2) is 5.11 Å². The van der Waals surface area contributed by atoms with E-state index in [0.717, 1.165) is 30.0 Å². The first kappa shape index (κ1) is 16.3. The maximum atomic E-state index is 12.5. The number of hydrogen-bond donors (Lipinski definition) is 2. The Hall–Kier alpha value is -2.60. The summed E-state index contributed by atoms with van der Waals surface area (Å²) < 4.78 is 0. The molecule has 0 unspecified atom stereocenters. The maximum Gasteiger partial charge on any atom is 0.253 e. The number of carbonyl (C=O) groups is 1. The van der Waals surface area contributed by atoms with Gasteiger partial charge in [-0.25, -0.2) is 0 Å². The van der Waals surface area contributed by atoms with Crippen molar-refractivity contribution in [3.8, 4) is 0 Å². The Morgan fingerprint density at radius 1 is 0.958 bits per heavy atom. The van der Waals surface area contributed by atoms with Gasteiger partial charge in [-0.2, -0.15) is 0 Å². The van der Waals surface area contributed by atoms with Gasteiger partial charge in [-0.3, -0.25) is 4.79 Å². The Morgan fingerprint density at radius 3 is 2.25 bits per heavy atom. The van der Waals surface area contributed by atoms with Crippen LogP contribution < -0.4 is 16.0 Å². The average molecular weight is 340 g/mol. The van der Waals surface area contributed by atoms with Gasteiger partial charge in [0.25, 0.3) is 5.91 Å². The molecule has 0 spiro atoms. The molecule has 6 heteroatoms. The molecule has 0 atom stereocenters. The van der Waals surface area contributed by atoms with Crippen LogP contribution in [0.4, 0.5) is 11.4 Å². The Labute approximate surface area is 147 Å². The largest absolute Gasteiger partial charge is 0.376 e. The zero-order valence-electron chi connectivity index (χ0n) is 13.3. The number of thiocarbonyl (C=S) groups is 1. The molecule has 0 saturated carbocycles. The fourth-order valence-electron chi connectivity index (χ4n) is 2.90. The van der Waals surface area contributed by atoms with E-state index < -0.39 is 0 Å². The van der Waals surface area contributed by atoms with Gasteiger partial charge >= 0.3 is 0 Å². The van der Waals surface area contributed by atoms with E-state index in [1.54, 1.807) is 0 Å². The molecule has 3 rings (SSSR count). The molecule has 0 bridgehead atoms. The Morgan fingerprint density at radius 2 is 1.58 bits per heavy atom. The first-order valence-electron chi connectivity index (χ1n) is 7.90. The van der Waals surface area contributed by atoms with Gasteiger partial charge in [0.1, 0.15) is 0 Å². The summed E-state index contributed by atoms with van der Waals surface area (Å²) in [5, 5.41) is 3.27. The molecule has 1 saturated heterocycles. The van der Waals surface area contributed by atoms with Crippen LogP contribution in [-0.2, 0) is 0 Å². The third kappa shape index (κ3) is 3.65. The second kappa shape index (κ2) is 7.31. The Kier molecular flexibility index (Phi) is 4.96. The molecule has 0 radical (unpaired) electrons. The summed E-state index contributed by atoms with van der Waals surface area (Å²) in [6.45, 7) is 2.92. The van der Waals surface area contributed by atoms with Crippen LogP contribution in [0.15, 0.2) is 54.6 Å². The predicted molar refractivity (Wildman–Crippen MR) is 101 cm³/mol. The number of nitrogens with one attached hydrogen (secondary N) is 1. The van der Waals surface area contributed by atoms with Gasteiger partial charge in [-0.05, 0) is 36.5 Å². The van der Waals surface area contributed by atoms with Gasteiger partial charge in [0.05, 0.1) is 11.4 Å². The number of para-hydroxylation sites is 2. The summed E-state index contributed by atoms with van der Waals surface area (Å²) in [5.74, 6) is 0.0878. The second-order valence-corrected chi connectivity index (χ2v) is 6.09. The Bertz CT molecular complexity index is 727. The highest BCUT2D eigenvalue weighted by Gasteiger charge is 2.23. The van der Waals surface area contributed by atoms with Gasteiger partial charge in [0, 0.05) is 31.7 Å². The molecule has 124 valence electrons. The highest BCUT2D eigenvalue weighted by molar-refractivity contribution is 7.80. The third-order valence-corrected chi connectivity index (χ3v) is 4.19. The molecule has 3 N–H and O–H groups in total. The lowest BCUT2D eigenvalue weighted by Crippen LogP contribution is -2.49. The van der Waals surface area contributed by atoms with E-state index in [2.05, 4.69) is 10.2 Å². The topological polar surface area (TPSA) is 61.6 Å². The van der Waals surface area contributed by atoms with Gasteiger partial charge in [-0.1, -0.05) is 30.3 Å². The molecule has 1 aliphatic heterocycles. The lowest BCUT2D eigenvalue weighted by atomic mass is 10.1. The minimum atomic E-state index is 0.0878. The fourth-order valence-corrected chi connectivity index (χ4v) is 3.01. The summed E-state index contributed by atoms with van der Waals surface area (Å²) in [5.41, 5.74) is 8.28. The molecule has 1 amide bonds. The SMILES string of the molecule is NC(=S)Nc1ccccc1N1CCN(C(=O)c2ccccc2)CC1. The Balaban J connectivity index is 1.67. The fraction of sp³-hybridized carbons (Fsp3) is 0.222. The van der Waals surface area contributed by atoms with Crippen molar-refractivity contribution in [2.75, 3.05) is 36.4 Å². The minimum Gasteiger partial charge on any atom is -0.376 e. The van der Waals surface area contributed by atoms with Crippen LogP contribution in [0.5, 0.6) is 0 Å². The van der Waals surface area contributed by atoms with Crippen molar-refractivity contribution in [3.63, 3.8) is 0 Å². The third-order valence-electron chi connectivity index (χ3n) is 4.09. The van der Waals surface area contributed by atoms with Crippen molar-refractivity contribution in [1.29, 1.82) is 0 Å². The molecule has 2 aromatic carbocycles. The molecule has 5 nitrogen and oxygen atoms in total. The molecule has 0 aliphatic carbocycles. The average Bonchev–Trinajstić information content (AvgIpc) is 2.62. The van der Waals surface area contributed by atoms with Crippen LogP contribution in [0.25, 0.3) is 0 Å². The van der Waals surface area contributed by atoms with E-state index >= 15 is 0 Å². The molecule has 24 heavy (non-hydrogen) atoms. The number of nitrogens with two attached hydrogens (primary N) is 1. The summed E-state index contributed by atoms with van der Waals surface area (Å²) in [4.78, 5) is 16.7. The summed E-state index contributed by atoms with van der Waals surface area (Å²) in [6.07, 6.45) is 0. The van der Waals surface area contributed by atoms with E-state index in [1.807, 2.05) is 59.5 Å². The molecule has 0 aromatic heterocycles. The van der Waals surface area contributed by atoms with Crippen molar-refractivity contribution in [2.24, 2.45) is 5.73 Å². The molecular weight excluding hydrogens is 320 g/mol. The highest BCUT2D eigenvalue weighted by atomic mass is 32.1. The van der Waals surface area contributed by atoms with Crippen molar-refractivity contribution < 1.29 is 4.79 Å². The van der Waals surface area contributed by atoms with E-state index in [4.69, 9.17) is 18.0 Å². The number of benzene rings is 2. The molecule has 1 aliphatic rings. The zero-order valence-corrected chi connectivity index (χ0v) is 14.1. The van der Waals surface area contributed by atoms with E-state index in [0.29, 0.717) is 13.1 Å². The first-order valence-corrected chi connectivity index (χ1v) is 8.31. The number of carbonyl (C=O) groups excluding carboxylic acids is 1. The van der Waals surface area contributed by atoms with Crippen LogP contribution >= 0.6 is 12.2 Å². The zero-order chi connectivity index (χ0) is 16.9. The predicted octanol–water partition coefficient (Wildman–Crippen LogP) is 2.30. The summed E-state index contributed by atoms with van der Waals surface area (Å²) in [7, 11) is 0. The number of piperazine rings is 1. The normalized spacial score (nSPS) is 14.3. The van der Waals surface area contributed by atoms with Gasteiger partial charge in [0.2, 0.25) is 0 Å². The van der Waals surface area contributed by atoms with Crippen molar-refractivity contribution in [2.45, 2.75) is 0 Å². The van der Waals surface area contributed by atoms with E-state index in [9.17, 15) is 4.79 Å². The van der Waals surface area contributed by atoms with Crippen LogP contribution in [0.2, 0.25) is 0 Å². The van der Waals surface area contributed by atoms with Crippen LogP contribution in [0, 0.1) is 0 Å². The number of nitrogens with zero attached hydrogens (tertiary/aromatic N) is 2. The lowest BCUT2D eigenvalue weighted by Gasteiger charge is -2.37. The van der Waals surface area contributed by atoms with Crippen molar-refractivity contribution in [1.82, 2.24) is 4.90 Å². The lowest BCUT2D eigenvalue weighted by molar-refractivity contribution is 0.0747. The van der Waals surface area contributed by atoms with E-state index in [-0.39, 0.29) is 11.0 Å². The van der Waals surface area contributed by atoms with Crippen molar-refractivity contribution in [3.05, 3.63) is 60.2 Å². The van der Waals surface area contributed by atoms with Crippen LogP contribution in [-0.4, -0.2) is 42.1 Å². The quantitative estimate of drug-likeness (QED) is 0.840. The number of anilines is 2. The maximum absolute atomic E-state index is 12.5. The highest BCUT2D eigenvalue weighted by Crippen LogP contribution is 2.26. The monoisotopic (exact) mass is 340 g/mol. The van der Waals surface area contributed by atoms with Crippen LogP contribution in [0.1, 0.15) is 10.4 Å². The second-order valence-electron chi connectivity index (χ2n) is 5.65.